The second-order valence-corrected chi connectivity index (χ2v) is 37.4. The van der Waals surface area contributed by atoms with Crippen molar-refractivity contribution in [3.63, 3.8) is 0 Å². The fourth-order valence-electron chi connectivity index (χ4n) is 15.5. The molecule has 0 radical (unpaired) electrons. The molecular formula is C83H83Br4F4N19O13S5. The van der Waals surface area contributed by atoms with Gasteiger partial charge < -0.3 is 65.1 Å². The van der Waals surface area contributed by atoms with Crippen molar-refractivity contribution in [3.8, 4) is 0 Å². The van der Waals surface area contributed by atoms with Crippen LogP contribution in [0.3, 0.4) is 0 Å². The predicted molar refractivity (Wildman–Crippen MR) is 487 cm³/mol. The Morgan fingerprint density at radius 1 is 0.406 bits per heavy atom. The largest absolute Gasteiger partial charge is 0.463 e. The zero-order chi connectivity index (χ0) is 91.5. The van der Waals surface area contributed by atoms with E-state index in [0.29, 0.717) is 156 Å². The minimum Gasteiger partial charge on any atom is -0.463 e. The Bertz CT molecular complexity index is 5780. The third-order valence-corrected chi connectivity index (χ3v) is 27.7. The number of nitrogens with one attached hydrogen (secondary N) is 7. The minimum absolute atomic E-state index is 0.145. The van der Waals surface area contributed by atoms with E-state index in [0.717, 1.165) is 5.70 Å². The minimum atomic E-state index is -3.71. The number of ether oxygens (including phenoxy) is 4. The molecule has 16 rings (SSSR count). The standard InChI is InChI=1S/2C21H21BrFN5O3S.C21H20BrFN4O3S.C20H21BrFN5O4S2/c2*1-3-31-20(29)16-15-9-12(26-21(30)24-2)10-28(15)18(19-25-6-7-32-19)27-17(16)13-5-4-11(23)8-14(13)22;1-3-30-21(29)17-16-9-13(25-11(2)28)10-27(16)19(20-24-6-7-31-20)26-18(17)14-5-4-12(23)8-15(14)22;1-3-31-20(28)16-15-9-12(26-33(29,30)23-2)10-27(15)18(19-24-6-7-32-19)25-17(16)13-5-4-11(22)8-14(13)21/h2*4-8,12,17H,3,9-10H2,1-2H3,(H2,24,26,30);4-8,13,18H,3,9-10H2,1-2H3,(H,25,28);4-8,12,17,23,26H,3,9-10H2,1-2H3/t12?,17-;12-,17+;13-,18-;12?,17-/m0100/s1. The maximum atomic E-state index is 13.8. The summed E-state index contributed by atoms with van der Waals surface area (Å²) in [4.78, 5) is 133. The highest BCUT2D eigenvalue weighted by Crippen LogP contribution is 2.49. The lowest BCUT2D eigenvalue weighted by Gasteiger charge is -2.31. The van der Waals surface area contributed by atoms with Crippen LogP contribution in [0.2, 0.25) is 0 Å². The number of thiazole rings is 4. The topological polar surface area (TPSA) is 389 Å². The van der Waals surface area contributed by atoms with Crippen LogP contribution in [0.25, 0.3) is 0 Å². The van der Waals surface area contributed by atoms with Crippen LogP contribution in [0.15, 0.2) is 202 Å². The number of hydrogen-bond acceptors (Lipinski definition) is 29. The maximum absolute atomic E-state index is 13.8. The molecule has 8 aliphatic heterocycles. The molecule has 5 amide bonds. The van der Waals surface area contributed by atoms with E-state index in [-0.39, 0.29) is 81.1 Å². The Hall–Kier alpha value is -10.4. The third kappa shape index (κ3) is 21.5. The number of aliphatic imine (C=N–C) groups is 4. The molecular weight excluding hydrogens is 2030 g/mol. The quantitative estimate of drug-likeness (QED) is 0.0188. The molecule has 4 aromatic heterocycles. The first-order valence-corrected chi connectivity index (χ1v) is 48.0. The second-order valence-electron chi connectivity index (χ2n) is 28.8. The molecule has 7 N–H and O–H groups in total. The summed E-state index contributed by atoms with van der Waals surface area (Å²) < 4.78 is 108. The van der Waals surface area contributed by atoms with Crippen LogP contribution in [0.5, 0.6) is 0 Å². The molecule has 674 valence electrons. The van der Waals surface area contributed by atoms with Gasteiger partial charge in [0, 0.05) is 173 Å². The highest BCUT2D eigenvalue weighted by atomic mass is 79.9. The van der Waals surface area contributed by atoms with Crippen LogP contribution in [0, 0.1) is 23.3 Å². The molecule has 12 heterocycles. The molecule has 0 bridgehead atoms. The molecule has 8 atom stereocenters. The number of urea groups is 2. The molecule has 0 aliphatic carbocycles. The van der Waals surface area contributed by atoms with Crippen LogP contribution in [0.1, 0.15) is 127 Å². The average molecular weight is 2110 g/mol. The van der Waals surface area contributed by atoms with Gasteiger partial charge in [-0.2, -0.15) is 13.1 Å². The number of nitrogens with zero attached hydrogens (tertiary/aromatic N) is 12. The lowest BCUT2D eigenvalue weighted by atomic mass is 9.94. The number of aromatic nitrogens is 4. The first kappa shape index (κ1) is 95.2. The summed E-state index contributed by atoms with van der Waals surface area (Å²) >= 11 is 19.3. The van der Waals surface area contributed by atoms with Crippen molar-refractivity contribution in [1.82, 2.24) is 75.6 Å². The Morgan fingerprint density at radius 3 is 0.875 bits per heavy atom. The van der Waals surface area contributed by atoms with Gasteiger partial charge in [0.05, 0.1) is 66.8 Å². The van der Waals surface area contributed by atoms with Crippen molar-refractivity contribution in [2.24, 2.45) is 20.0 Å². The summed E-state index contributed by atoms with van der Waals surface area (Å²) in [5.74, 6) is -1.45. The number of rotatable bonds is 22. The van der Waals surface area contributed by atoms with Crippen molar-refractivity contribution >= 4 is 184 Å². The first-order chi connectivity index (χ1) is 61.5. The lowest BCUT2D eigenvalue weighted by Crippen LogP contribution is -2.43. The molecule has 8 aromatic rings. The Labute approximate surface area is 782 Å². The summed E-state index contributed by atoms with van der Waals surface area (Å²) in [6.07, 6.45) is 8.24. The molecule has 4 saturated heterocycles. The molecule has 8 aliphatic rings. The van der Waals surface area contributed by atoms with Gasteiger partial charge in [0.2, 0.25) is 5.91 Å². The Kier molecular flexibility index (Phi) is 31.6. The maximum Gasteiger partial charge on any atom is 0.338 e. The fourth-order valence-corrected chi connectivity index (χ4v) is 21.1. The third-order valence-electron chi connectivity index (χ3n) is 20.7. The number of amidine groups is 4. The zero-order valence-corrected chi connectivity index (χ0v) is 79.8. The van der Waals surface area contributed by atoms with Crippen molar-refractivity contribution in [3.05, 3.63) is 248 Å². The summed E-state index contributed by atoms with van der Waals surface area (Å²) in [5.41, 5.74) is 6.69. The van der Waals surface area contributed by atoms with E-state index in [1.165, 1.54) is 108 Å². The van der Waals surface area contributed by atoms with Gasteiger partial charge in [-0.25, -0.2) is 71.0 Å². The molecule has 0 saturated carbocycles. The van der Waals surface area contributed by atoms with Gasteiger partial charge in [-0.1, -0.05) is 88.0 Å². The smallest absolute Gasteiger partial charge is 0.338 e. The number of carbonyl (C=O) groups excluding carboxylic acids is 7. The van der Waals surface area contributed by atoms with E-state index in [1.807, 2.05) is 41.1 Å². The molecule has 45 heteroatoms. The van der Waals surface area contributed by atoms with E-state index in [2.05, 4.69) is 120 Å². The van der Waals surface area contributed by atoms with Crippen LogP contribution >= 0.6 is 109 Å². The Balaban J connectivity index is 0.000000146. The van der Waals surface area contributed by atoms with Crippen molar-refractivity contribution in [1.29, 1.82) is 0 Å². The first-order valence-electron chi connectivity index (χ1n) is 39.8. The lowest BCUT2D eigenvalue weighted by molar-refractivity contribution is -0.140. The normalized spacial score (nSPS) is 20.2. The number of carbonyl (C=O) groups is 7. The SMILES string of the molecule is CCOC(=O)C1=C2CC(NC(=O)NC)CN2C(c2nccs2)=N[C@H]1c1ccc(F)cc1Br.CCOC(=O)C1=C2CC(NS(=O)(=O)NC)CN2C(c2nccs2)=N[C@H]1c1ccc(F)cc1Br.CCOC(=O)C1=C2C[C@@H](NC(=O)NC)CN2C(c2nccs2)=N[C@H]1c1ccc(F)cc1Br.CCOC(=O)C1=C2C[C@H](NC(C)=O)CN2C(c2nccs2)=N[C@H]1c1ccc(F)cc1Br. The van der Waals surface area contributed by atoms with E-state index < -0.39 is 87.6 Å². The van der Waals surface area contributed by atoms with Gasteiger partial charge in [0.15, 0.2) is 43.4 Å². The van der Waals surface area contributed by atoms with Gasteiger partial charge >= 0.3 is 35.9 Å². The number of fused-ring (bicyclic) bond motifs is 4. The highest BCUT2D eigenvalue weighted by Gasteiger charge is 2.49. The van der Waals surface area contributed by atoms with E-state index >= 15 is 0 Å². The van der Waals surface area contributed by atoms with E-state index in [1.54, 1.807) is 90.8 Å². The van der Waals surface area contributed by atoms with Crippen molar-refractivity contribution in [2.75, 3.05) is 73.7 Å². The van der Waals surface area contributed by atoms with E-state index in [9.17, 15) is 59.5 Å². The fraction of sp³-hybridized carbons (Fsp3) is 0.337. The molecule has 4 fully saturated rings. The van der Waals surface area contributed by atoms with Crippen molar-refractivity contribution < 1.29 is 78.5 Å². The van der Waals surface area contributed by atoms with Crippen LogP contribution in [-0.4, -0.2) is 211 Å². The van der Waals surface area contributed by atoms with Gasteiger partial charge in [0.25, 0.3) is 10.2 Å². The zero-order valence-electron chi connectivity index (χ0n) is 69.4. The highest BCUT2D eigenvalue weighted by molar-refractivity contribution is 9.11. The average Bonchev–Trinajstić information content (AvgIpc) is 1.58. The van der Waals surface area contributed by atoms with Crippen LogP contribution < -0.4 is 36.0 Å². The molecule has 4 aromatic carbocycles. The molecule has 2 unspecified atom stereocenters. The van der Waals surface area contributed by atoms with Gasteiger partial charge in [-0.05, 0) is 98.5 Å². The van der Waals surface area contributed by atoms with Gasteiger partial charge in [-0.3, -0.25) is 24.8 Å². The molecule has 128 heavy (non-hydrogen) atoms. The molecule has 32 nitrogen and oxygen atoms in total. The second kappa shape index (κ2) is 42.5. The Morgan fingerprint density at radius 2 is 0.656 bits per heavy atom. The van der Waals surface area contributed by atoms with Crippen LogP contribution in [-0.2, 0) is 53.1 Å². The predicted octanol–water partition coefficient (Wildman–Crippen LogP) is 12.8. The summed E-state index contributed by atoms with van der Waals surface area (Å²) in [7, 11) is 0.702. The number of esters is 4. The number of benzene rings is 4. The van der Waals surface area contributed by atoms with Gasteiger partial charge in [-0.15, -0.1) is 45.3 Å². The summed E-state index contributed by atoms with van der Waals surface area (Å²) in [6.45, 7) is 10.8. The van der Waals surface area contributed by atoms with Gasteiger partial charge in [0.1, 0.15) is 47.4 Å². The van der Waals surface area contributed by atoms with Crippen LogP contribution in [0.4, 0.5) is 27.2 Å². The number of amides is 5. The molecule has 0 spiro atoms. The summed E-state index contributed by atoms with van der Waals surface area (Å²) in [6, 6.07) is 12.4. The number of halogens is 8. The summed E-state index contributed by atoms with van der Waals surface area (Å²) in [5, 5.41) is 23.9. The monoisotopic (exact) mass is 2110 g/mol. The van der Waals surface area contributed by atoms with Crippen molar-refractivity contribution in [2.45, 2.75) is 109 Å². The van der Waals surface area contributed by atoms with E-state index in [4.69, 9.17) is 38.9 Å². The number of hydrogen-bond donors (Lipinski definition) is 7.